The predicted octanol–water partition coefficient (Wildman–Crippen LogP) is -8.89. The van der Waals surface area contributed by atoms with Gasteiger partial charge >= 0.3 is 66.9 Å². The van der Waals surface area contributed by atoms with E-state index in [0.29, 0.717) is 0 Å². The number of hydrogen-bond donors (Lipinski definition) is 5. The molecule has 3 rings (SSSR count). The number of fused-ring (bicyclic) bond motifs is 1. The Bertz CT molecular complexity index is 1120. The van der Waals surface area contributed by atoms with Crippen LogP contribution in [0, 0.1) is 0 Å². The molecule has 3 unspecified atom stereocenters. The molecule has 2 aromatic heterocycles. The molecule has 6 N–H and O–H groups in total. The minimum atomic E-state index is -6.01. The first-order valence-corrected chi connectivity index (χ1v) is 12.3. The third-order valence-electron chi connectivity index (χ3n) is 3.81. The Balaban J connectivity index is 0.00000272. The van der Waals surface area contributed by atoms with Crippen molar-refractivity contribution >= 4 is 40.4 Å². The summed E-state index contributed by atoms with van der Waals surface area (Å²) in [5.41, 5.74) is 5.97. The average molecular weight is 551 g/mol. The number of aromatic nitrogens is 4. The summed E-state index contributed by atoms with van der Waals surface area (Å²) < 4.78 is 51.0. The van der Waals surface area contributed by atoms with Crippen LogP contribution in [0.3, 0.4) is 0 Å². The second kappa shape index (κ2) is 11.8. The van der Waals surface area contributed by atoms with Gasteiger partial charge in [0.15, 0.2) is 17.7 Å². The third kappa shape index (κ3) is 8.06. The standard InChI is InChI=1S/C10H16N5O13P3.2Na/c11-8-5-9(13-2-12-8)15(3-14-5)10-7(17)6(16)4(26-10)1-25-30(21,22)28-31(23,24)27-29(18,19)20;;/h2-4,6-7,10,16-17H,1H2,(H,21,22)(H,23,24)(H2,11,12,13)(H2,18,19,20);;/q;2*+1/p-2/t4-,6-,7-,10-;;/m1../s1. The summed E-state index contributed by atoms with van der Waals surface area (Å²) in [7, 11) is -17.4. The topological polar surface area (TPSA) is 285 Å². The average Bonchev–Trinajstić information content (AvgIpc) is 3.13. The summed E-state index contributed by atoms with van der Waals surface area (Å²) in [6.45, 7) is -1.000. The van der Waals surface area contributed by atoms with Gasteiger partial charge < -0.3 is 40.3 Å². The van der Waals surface area contributed by atoms with Crippen LogP contribution in [0.4, 0.5) is 5.82 Å². The van der Waals surface area contributed by atoms with Crippen LogP contribution in [-0.2, 0) is 31.6 Å². The van der Waals surface area contributed by atoms with Gasteiger partial charge in [0, 0.05) is 0 Å². The van der Waals surface area contributed by atoms with Gasteiger partial charge in [-0.2, -0.15) is 0 Å². The van der Waals surface area contributed by atoms with E-state index in [1.807, 2.05) is 0 Å². The van der Waals surface area contributed by atoms with E-state index in [9.17, 15) is 38.6 Å². The molecule has 7 atom stereocenters. The molecular formula is C10H14N5Na2O13P3. The second-order valence-corrected chi connectivity index (χ2v) is 10.3. The number of aliphatic hydroxyl groups excluding tert-OH is 2. The molecule has 0 aliphatic carbocycles. The number of anilines is 1. The van der Waals surface area contributed by atoms with Crippen molar-refractivity contribution in [3.05, 3.63) is 12.7 Å². The minimum Gasteiger partial charge on any atom is -0.756 e. The van der Waals surface area contributed by atoms with E-state index < -0.39 is 54.6 Å². The normalized spacial score (nSPS) is 28.2. The van der Waals surface area contributed by atoms with Crippen molar-refractivity contribution in [2.24, 2.45) is 0 Å². The van der Waals surface area contributed by atoms with E-state index in [0.717, 1.165) is 6.33 Å². The number of ether oxygens (including phenoxy) is 1. The maximum atomic E-state index is 11.7. The van der Waals surface area contributed by atoms with Crippen LogP contribution in [-0.4, -0.2) is 64.4 Å². The van der Waals surface area contributed by atoms with E-state index in [1.54, 1.807) is 0 Å². The van der Waals surface area contributed by atoms with Crippen LogP contribution >= 0.6 is 23.5 Å². The molecule has 3 heterocycles. The van der Waals surface area contributed by atoms with Crippen LogP contribution in [0.1, 0.15) is 6.23 Å². The van der Waals surface area contributed by atoms with Crippen molar-refractivity contribution in [1.82, 2.24) is 19.5 Å². The zero-order chi connectivity index (χ0) is 23.2. The minimum absolute atomic E-state index is 0. The van der Waals surface area contributed by atoms with Gasteiger partial charge in [-0.3, -0.25) is 18.2 Å². The summed E-state index contributed by atoms with van der Waals surface area (Å²) in [6.07, 6.45) is -3.81. The monoisotopic (exact) mass is 551 g/mol. The Morgan fingerprint density at radius 3 is 2.33 bits per heavy atom. The first kappa shape index (κ1) is 31.7. The molecule has 0 amide bonds. The molecule has 1 saturated heterocycles. The summed E-state index contributed by atoms with van der Waals surface area (Å²) in [5.74, 6) is 0.0322. The summed E-state index contributed by atoms with van der Waals surface area (Å²) in [6, 6.07) is 0. The molecule has 0 spiro atoms. The molecular weight excluding hydrogens is 537 g/mol. The van der Waals surface area contributed by atoms with Crippen LogP contribution in [0.5, 0.6) is 0 Å². The Hall–Kier alpha value is 0.640. The molecule has 2 aromatic rings. The predicted molar refractivity (Wildman–Crippen MR) is 91.0 cm³/mol. The van der Waals surface area contributed by atoms with Crippen molar-refractivity contribution < 1.29 is 120 Å². The van der Waals surface area contributed by atoms with Gasteiger partial charge in [-0.05, 0) is 0 Å². The van der Waals surface area contributed by atoms with E-state index in [2.05, 4.69) is 28.1 Å². The second-order valence-electron chi connectivity index (χ2n) is 5.97. The maximum absolute atomic E-state index is 11.7. The molecule has 174 valence electrons. The quantitative estimate of drug-likeness (QED) is 0.150. The van der Waals surface area contributed by atoms with E-state index in [-0.39, 0.29) is 76.1 Å². The van der Waals surface area contributed by atoms with Crippen molar-refractivity contribution in [2.75, 3.05) is 12.3 Å². The van der Waals surface area contributed by atoms with Gasteiger partial charge in [0.25, 0.3) is 15.6 Å². The van der Waals surface area contributed by atoms with Gasteiger partial charge in [0.1, 0.15) is 30.2 Å². The molecule has 23 heteroatoms. The molecule has 0 saturated carbocycles. The number of phosphoric ester groups is 1. The number of phosphoric acid groups is 3. The summed E-state index contributed by atoms with van der Waals surface area (Å²) in [4.78, 5) is 51.0. The van der Waals surface area contributed by atoms with Gasteiger partial charge in [-0.25, -0.2) is 28.1 Å². The number of aliphatic hydroxyl groups is 2. The molecule has 0 aromatic carbocycles. The number of imidazole rings is 1. The van der Waals surface area contributed by atoms with Crippen LogP contribution < -0.4 is 74.6 Å². The Morgan fingerprint density at radius 1 is 1.09 bits per heavy atom. The van der Waals surface area contributed by atoms with Crippen molar-refractivity contribution in [1.29, 1.82) is 0 Å². The van der Waals surface area contributed by atoms with Crippen LogP contribution in [0.15, 0.2) is 12.7 Å². The molecule has 1 aliphatic heterocycles. The Kier molecular flexibility index (Phi) is 11.3. The molecule has 0 bridgehead atoms. The zero-order valence-corrected chi connectivity index (χ0v) is 23.5. The summed E-state index contributed by atoms with van der Waals surface area (Å²) in [5, 5.41) is 20.4. The van der Waals surface area contributed by atoms with Gasteiger partial charge in [0.2, 0.25) is 0 Å². The van der Waals surface area contributed by atoms with Gasteiger partial charge in [-0.1, -0.05) is 0 Å². The zero-order valence-electron chi connectivity index (χ0n) is 16.8. The largest absolute Gasteiger partial charge is 1.00 e. The Morgan fingerprint density at radius 2 is 1.73 bits per heavy atom. The fraction of sp³-hybridized carbons (Fsp3) is 0.500. The van der Waals surface area contributed by atoms with E-state index in [1.165, 1.54) is 10.9 Å². The number of hydrogen-bond acceptors (Lipinski definition) is 15. The fourth-order valence-corrected chi connectivity index (χ4v) is 5.55. The molecule has 33 heavy (non-hydrogen) atoms. The van der Waals surface area contributed by atoms with Crippen molar-refractivity contribution in [3.63, 3.8) is 0 Å². The first-order chi connectivity index (χ1) is 14.2. The number of rotatable bonds is 8. The van der Waals surface area contributed by atoms with E-state index >= 15 is 0 Å². The van der Waals surface area contributed by atoms with Crippen LogP contribution in [0.2, 0.25) is 0 Å². The Labute approximate surface area is 228 Å². The number of nitrogens with zero attached hydrogens (tertiary/aromatic N) is 4. The molecule has 0 radical (unpaired) electrons. The van der Waals surface area contributed by atoms with Crippen LogP contribution in [0.25, 0.3) is 11.2 Å². The molecule has 1 aliphatic rings. The summed E-state index contributed by atoms with van der Waals surface area (Å²) >= 11 is 0. The third-order valence-corrected chi connectivity index (χ3v) is 7.53. The van der Waals surface area contributed by atoms with Gasteiger partial charge in [0.05, 0.1) is 12.9 Å². The van der Waals surface area contributed by atoms with E-state index in [4.69, 9.17) is 15.4 Å². The van der Waals surface area contributed by atoms with Gasteiger partial charge in [-0.15, -0.1) is 0 Å². The van der Waals surface area contributed by atoms with Crippen molar-refractivity contribution in [2.45, 2.75) is 24.5 Å². The fourth-order valence-electron chi connectivity index (χ4n) is 2.61. The number of nitrogen functional groups attached to an aromatic ring is 1. The first-order valence-electron chi connectivity index (χ1n) is 7.88. The van der Waals surface area contributed by atoms with Crippen molar-refractivity contribution in [3.8, 4) is 0 Å². The molecule has 1 fully saturated rings. The maximum Gasteiger partial charge on any atom is 1.00 e. The SMILES string of the molecule is Nc1ncnc2c1ncn2[C@@H]1O[C@H](COP(=O)(O)OP(=O)([O-])OP(=O)([O-])O)[C@@H](O)[C@H]1O.[Na+].[Na+]. The molecule has 18 nitrogen and oxygen atoms in total. The smallest absolute Gasteiger partial charge is 0.756 e. The number of nitrogens with two attached hydrogens (primary N) is 1.